The van der Waals surface area contributed by atoms with Crippen molar-refractivity contribution in [2.45, 2.75) is 6.42 Å². The molecule has 0 aliphatic carbocycles. The van der Waals surface area contributed by atoms with E-state index in [-0.39, 0.29) is 0 Å². The van der Waals surface area contributed by atoms with Gasteiger partial charge in [-0.3, -0.25) is 4.98 Å². The van der Waals surface area contributed by atoms with E-state index >= 15 is 0 Å². The van der Waals surface area contributed by atoms with Crippen LogP contribution in [-0.4, -0.2) is 11.6 Å². The summed E-state index contributed by atoms with van der Waals surface area (Å²) in [7, 11) is 0. The molecule has 2 rings (SSSR count). The van der Waals surface area contributed by atoms with Crippen LogP contribution in [0.1, 0.15) is 5.56 Å². The predicted octanol–water partition coefficient (Wildman–Crippen LogP) is 5.49. The maximum atomic E-state index is 6.29. The zero-order valence-electron chi connectivity index (χ0n) is 10.6. The Morgan fingerprint density at radius 2 is 1.90 bits per heavy atom. The average molecular weight is 329 g/mol. The van der Waals surface area contributed by atoms with Gasteiger partial charge in [-0.2, -0.15) is 0 Å². The van der Waals surface area contributed by atoms with Crippen molar-refractivity contribution < 1.29 is 4.74 Å². The average Bonchev–Trinajstić information content (AvgIpc) is 2.43. The molecule has 0 atom stereocenters. The van der Waals surface area contributed by atoms with E-state index in [1.807, 2.05) is 0 Å². The molecule has 20 heavy (non-hydrogen) atoms. The third-order valence-corrected chi connectivity index (χ3v) is 3.80. The molecule has 5 heteroatoms. The molecule has 1 aromatic heterocycles. The number of nitrogens with zero attached hydrogens (tertiary/aromatic N) is 1. The van der Waals surface area contributed by atoms with E-state index in [4.69, 9.17) is 39.5 Å². The van der Waals surface area contributed by atoms with Gasteiger partial charge in [-0.1, -0.05) is 53.5 Å². The number of benzene rings is 1. The summed E-state index contributed by atoms with van der Waals surface area (Å²) in [4.78, 5) is 4.34. The Bertz CT molecular complexity index is 683. The Hall–Kier alpha value is -1.22. The first-order valence-electron chi connectivity index (χ1n) is 5.89. The highest BCUT2D eigenvalue weighted by atomic mass is 35.5. The van der Waals surface area contributed by atoms with Gasteiger partial charge in [0, 0.05) is 11.8 Å². The lowest BCUT2D eigenvalue weighted by molar-refractivity contribution is 0.364. The van der Waals surface area contributed by atoms with Gasteiger partial charge in [-0.15, -0.1) is 6.58 Å². The van der Waals surface area contributed by atoms with Crippen LogP contribution < -0.4 is 4.74 Å². The van der Waals surface area contributed by atoms with Crippen molar-refractivity contribution in [3.63, 3.8) is 0 Å². The summed E-state index contributed by atoms with van der Waals surface area (Å²) in [5.74, 6) is 0.615. The van der Waals surface area contributed by atoms with Crippen LogP contribution in [0, 0.1) is 0 Å². The number of aromatic nitrogens is 1. The molecule has 2 nitrogen and oxygen atoms in total. The number of hydrogen-bond acceptors (Lipinski definition) is 2. The molecular formula is C15H12Cl3NO. The van der Waals surface area contributed by atoms with Crippen LogP contribution in [0.4, 0.5) is 0 Å². The van der Waals surface area contributed by atoms with Crippen LogP contribution in [-0.2, 0) is 6.42 Å². The van der Waals surface area contributed by atoms with Crippen molar-refractivity contribution in [1.29, 1.82) is 0 Å². The monoisotopic (exact) mass is 327 g/mol. The van der Waals surface area contributed by atoms with Gasteiger partial charge in [0.1, 0.15) is 12.4 Å². The number of halogens is 3. The maximum absolute atomic E-state index is 6.29. The fourth-order valence-corrected chi connectivity index (χ4v) is 2.63. The lowest BCUT2D eigenvalue weighted by Gasteiger charge is -2.14. The highest BCUT2D eigenvalue weighted by molar-refractivity contribution is 6.48. The molecule has 1 heterocycles. The summed E-state index contributed by atoms with van der Waals surface area (Å²) in [6.45, 7) is 7.72. The molecule has 0 aliphatic heterocycles. The molecule has 0 radical (unpaired) electrons. The van der Waals surface area contributed by atoms with Crippen LogP contribution in [0.15, 0.2) is 37.6 Å². The fraction of sp³-hybridized carbons (Fsp3) is 0.133. The number of fused-ring (bicyclic) bond motifs is 1. The Labute approximate surface area is 132 Å². The second kappa shape index (κ2) is 6.49. The van der Waals surface area contributed by atoms with Crippen molar-refractivity contribution in [2.24, 2.45) is 0 Å². The zero-order valence-corrected chi connectivity index (χ0v) is 12.9. The summed E-state index contributed by atoms with van der Waals surface area (Å²) in [5, 5.41) is 1.79. The van der Waals surface area contributed by atoms with Crippen molar-refractivity contribution in [2.75, 3.05) is 6.61 Å². The van der Waals surface area contributed by atoms with Crippen LogP contribution in [0.3, 0.4) is 0 Å². The largest absolute Gasteiger partial charge is 0.488 e. The summed E-state index contributed by atoms with van der Waals surface area (Å²) >= 11 is 18.5. The van der Waals surface area contributed by atoms with Crippen molar-refractivity contribution in [3.05, 3.63) is 58.2 Å². The van der Waals surface area contributed by atoms with Crippen molar-refractivity contribution in [3.8, 4) is 5.75 Å². The number of pyridine rings is 1. The minimum atomic E-state index is 0.351. The van der Waals surface area contributed by atoms with Crippen LogP contribution in [0.5, 0.6) is 5.75 Å². The SMILES string of the molecule is C=CCOc1c(CC=C)cnc2c(Cl)cc(Cl)c(Cl)c12. The minimum Gasteiger partial charge on any atom is -0.488 e. The molecule has 2 aromatic rings. The van der Waals surface area contributed by atoms with E-state index in [1.165, 1.54) is 0 Å². The first kappa shape index (κ1) is 15.2. The van der Waals surface area contributed by atoms with Crippen LogP contribution >= 0.6 is 34.8 Å². The number of allylic oxidation sites excluding steroid dienone is 1. The molecule has 0 saturated heterocycles. The Kier molecular flexibility index (Phi) is 4.92. The topological polar surface area (TPSA) is 22.1 Å². The van der Waals surface area contributed by atoms with E-state index in [2.05, 4.69) is 18.1 Å². The van der Waals surface area contributed by atoms with Gasteiger partial charge >= 0.3 is 0 Å². The van der Waals surface area contributed by atoms with Crippen molar-refractivity contribution >= 4 is 45.7 Å². The molecule has 0 bridgehead atoms. The second-order valence-electron chi connectivity index (χ2n) is 4.08. The van der Waals surface area contributed by atoms with E-state index in [1.54, 1.807) is 24.4 Å². The fourth-order valence-electron chi connectivity index (χ4n) is 1.89. The quantitative estimate of drug-likeness (QED) is 0.535. The van der Waals surface area contributed by atoms with Gasteiger partial charge in [-0.05, 0) is 12.5 Å². The van der Waals surface area contributed by atoms with Gasteiger partial charge in [-0.25, -0.2) is 0 Å². The summed E-state index contributed by atoms with van der Waals surface area (Å²) < 4.78 is 5.74. The Morgan fingerprint density at radius 1 is 1.15 bits per heavy atom. The third-order valence-electron chi connectivity index (χ3n) is 2.72. The van der Waals surface area contributed by atoms with Gasteiger partial charge in [0.15, 0.2) is 0 Å². The predicted molar refractivity (Wildman–Crippen MR) is 86.4 cm³/mol. The number of hydrogen-bond donors (Lipinski definition) is 0. The van der Waals surface area contributed by atoms with Gasteiger partial charge in [0.05, 0.1) is 26.0 Å². The highest BCUT2D eigenvalue weighted by Gasteiger charge is 2.17. The van der Waals surface area contributed by atoms with E-state index in [9.17, 15) is 0 Å². The molecule has 0 fully saturated rings. The third kappa shape index (κ3) is 2.78. The highest BCUT2D eigenvalue weighted by Crippen LogP contribution is 2.41. The maximum Gasteiger partial charge on any atom is 0.135 e. The summed E-state index contributed by atoms with van der Waals surface area (Å²) in [6, 6.07) is 1.57. The van der Waals surface area contributed by atoms with Crippen molar-refractivity contribution in [1.82, 2.24) is 4.98 Å². The Morgan fingerprint density at radius 3 is 2.55 bits per heavy atom. The number of ether oxygens (including phenoxy) is 1. The van der Waals surface area contributed by atoms with Crippen LogP contribution in [0.25, 0.3) is 10.9 Å². The summed E-state index contributed by atoms with van der Waals surface area (Å²) in [6.07, 6.45) is 5.74. The van der Waals surface area contributed by atoms with Gasteiger partial charge in [0.25, 0.3) is 0 Å². The molecule has 0 spiro atoms. The lowest BCUT2D eigenvalue weighted by Crippen LogP contribution is -2.00. The second-order valence-corrected chi connectivity index (χ2v) is 5.28. The van der Waals surface area contributed by atoms with Crippen LogP contribution in [0.2, 0.25) is 15.1 Å². The van der Waals surface area contributed by atoms with E-state index < -0.39 is 0 Å². The first-order chi connectivity index (χ1) is 9.60. The van der Waals surface area contributed by atoms with E-state index in [0.29, 0.717) is 44.7 Å². The molecule has 0 aliphatic rings. The molecule has 0 amide bonds. The smallest absolute Gasteiger partial charge is 0.135 e. The normalized spacial score (nSPS) is 10.6. The zero-order chi connectivity index (χ0) is 14.7. The van der Waals surface area contributed by atoms with Gasteiger partial charge < -0.3 is 4.74 Å². The molecule has 104 valence electrons. The standard InChI is InChI=1S/C15H12Cl3NO/c1-3-5-9-8-19-14-11(17)7-10(16)13(18)12(14)15(9)20-6-4-2/h3-4,7-8H,1-2,5-6H2. The first-order valence-corrected chi connectivity index (χ1v) is 7.03. The Balaban J connectivity index is 2.80. The molecule has 0 unspecified atom stereocenters. The number of rotatable bonds is 5. The molecule has 0 N–H and O–H groups in total. The lowest BCUT2D eigenvalue weighted by atomic mass is 10.1. The molecule has 1 aromatic carbocycles. The molecule has 0 saturated carbocycles. The van der Waals surface area contributed by atoms with E-state index in [0.717, 1.165) is 5.56 Å². The minimum absolute atomic E-state index is 0.351. The summed E-state index contributed by atoms with van der Waals surface area (Å²) in [5.41, 5.74) is 1.43. The van der Waals surface area contributed by atoms with Gasteiger partial charge in [0.2, 0.25) is 0 Å². The molecular weight excluding hydrogens is 317 g/mol.